The first kappa shape index (κ1) is 14.5. The predicted octanol–water partition coefficient (Wildman–Crippen LogP) is 2.03. The van der Waals surface area contributed by atoms with Gasteiger partial charge in [-0.25, -0.2) is 0 Å². The van der Waals surface area contributed by atoms with Gasteiger partial charge >= 0.3 is 5.97 Å². The Morgan fingerprint density at radius 1 is 1.39 bits per heavy atom. The Bertz CT molecular complexity index is 375. The van der Waals surface area contributed by atoms with Gasteiger partial charge < -0.3 is 14.7 Å². The molecule has 0 heterocycles. The third kappa shape index (κ3) is 5.19. The minimum Gasteiger partial charge on any atom is -0.492 e. The first-order valence-corrected chi connectivity index (χ1v) is 6.10. The first-order chi connectivity index (χ1) is 8.49. The van der Waals surface area contributed by atoms with Crippen molar-refractivity contribution in [3.8, 4) is 5.75 Å². The van der Waals surface area contributed by atoms with Crippen LogP contribution in [0.1, 0.15) is 12.5 Å². The van der Waals surface area contributed by atoms with E-state index in [9.17, 15) is 4.79 Å². The fourth-order valence-electron chi connectivity index (χ4n) is 1.59. The molecule has 0 fully saturated rings. The zero-order valence-corrected chi connectivity index (χ0v) is 11.2. The molecule has 0 aliphatic heterocycles. The summed E-state index contributed by atoms with van der Waals surface area (Å²) < 4.78 is 5.58. The second-order valence-corrected chi connectivity index (χ2v) is 4.66. The van der Waals surface area contributed by atoms with Gasteiger partial charge in [-0.3, -0.25) is 4.79 Å². The third-order valence-electron chi connectivity index (χ3n) is 2.77. The summed E-state index contributed by atoms with van der Waals surface area (Å²) in [6.07, 6.45) is 0. The summed E-state index contributed by atoms with van der Waals surface area (Å²) in [5, 5.41) is 8.80. The van der Waals surface area contributed by atoms with Crippen LogP contribution in [-0.2, 0) is 4.79 Å². The number of ether oxygens (including phenoxy) is 1. The molecule has 0 radical (unpaired) electrons. The lowest BCUT2D eigenvalue weighted by Crippen LogP contribution is -2.31. The molecule has 0 aromatic heterocycles. The van der Waals surface area contributed by atoms with Crippen molar-refractivity contribution < 1.29 is 14.6 Å². The van der Waals surface area contributed by atoms with E-state index in [4.69, 9.17) is 9.84 Å². The summed E-state index contributed by atoms with van der Waals surface area (Å²) in [4.78, 5) is 12.7. The normalized spacial score (nSPS) is 12.4. The molecule has 1 rings (SSSR count). The Labute approximate surface area is 108 Å². The standard InChI is InChI=1S/C14H21NO3/c1-11-4-6-13(7-5-11)18-9-8-15(3)10-12(2)14(16)17/h4-7,12H,8-10H2,1-3H3,(H,16,17). The van der Waals surface area contributed by atoms with Gasteiger partial charge in [-0.15, -0.1) is 0 Å². The van der Waals surface area contributed by atoms with Gasteiger partial charge in [0.25, 0.3) is 0 Å². The fourth-order valence-corrected chi connectivity index (χ4v) is 1.59. The highest BCUT2D eigenvalue weighted by molar-refractivity contribution is 5.69. The Kier molecular flexibility index (Phi) is 5.65. The van der Waals surface area contributed by atoms with E-state index in [1.165, 1.54) is 5.56 Å². The van der Waals surface area contributed by atoms with E-state index in [1.54, 1.807) is 6.92 Å². The second-order valence-electron chi connectivity index (χ2n) is 4.66. The van der Waals surface area contributed by atoms with Gasteiger partial charge in [-0.05, 0) is 26.1 Å². The van der Waals surface area contributed by atoms with Gasteiger partial charge in [0.2, 0.25) is 0 Å². The van der Waals surface area contributed by atoms with E-state index < -0.39 is 5.97 Å². The van der Waals surface area contributed by atoms with E-state index in [0.29, 0.717) is 19.7 Å². The average Bonchev–Trinajstić information content (AvgIpc) is 2.31. The first-order valence-electron chi connectivity index (χ1n) is 6.10. The molecule has 4 heteroatoms. The molecule has 0 bridgehead atoms. The summed E-state index contributed by atoms with van der Waals surface area (Å²) in [7, 11) is 1.90. The number of hydrogen-bond acceptors (Lipinski definition) is 3. The van der Waals surface area contributed by atoms with Crippen LogP contribution in [0, 0.1) is 12.8 Å². The SMILES string of the molecule is Cc1ccc(OCCN(C)CC(C)C(=O)O)cc1. The summed E-state index contributed by atoms with van der Waals surface area (Å²) >= 11 is 0. The maximum absolute atomic E-state index is 10.7. The van der Waals surface area contributed by atoms with Crippen molar-refractivity contribution in [2.75, 3.05) is 26.7 Å². The molecule has 1 aromatic rings. The smallest absolute Gasteiger partial charge is 0.307 e. The van der Waals surface area contributed by atoms with Crippen LogP contribution in [0.2, 0.25) is 0 Å². The number of aryl methyl sites for hydroxylation is 1. The fraction of sp³-hybridized carbons (Fsp3) is 0.500. The molecule has 0 aliphatic rings. The van der Waals surface area contributed by atoms with Crippen LogP contribution in [0.5, 0.6) is 5.75 Å². The quantitative estimate of drug-likeness (QED) is 0.805. The van der Waals surface area contributed by atoms with Gasteiger partial charge in [-0.2, -0.15) is 0 Å². The number of nitrogens with zero attached hydrogens (tertiary/aromatic N) is 1. The number of benzene rings is 1. The van der Waals surface area contributed by atoms with Crippen molar-refractivity contribution in [3.05, 3.63) is 29.8 Å². The number of likely N-dealkylation sites (N-methyl/N-ethyl adjacent to an activating group) is 1. The number of carboxylic acids is 1. The van der Waals surface area contributed by atoms with Crippen LogP contribution >= 0.6 is 0 Å². The zero-order valence-electron chi connectivity index (χ0n) is 11.2. The summed E-state index contributed by atoms with van der Waals surface area (Å²) in [6.45, 7) is 5.55. The highest BCUT2D eigenvalue weighted by Crippen LogP contribution is 2.11. The van der Waals surface area contributed by atoms with Crippen molar-refractivity contribution in [2.45, 2.75) is 13.8 Å². The predicted molar refractivity (Wildman–Crippen MR) is 71.0 cm³/mol. The lowest BCUT2D eigenvalue weighted by Gasteiger charge is -2.19. The van der Waals surface area contributed by atoms with Gasteiger partial charge in [0.05, 0.1) is 5.92 Å². The third-order valence-corrected chi connectivity index (χ3v) is 2.77. The lowest BCUT2D eigenvalue weighted by atomic mass is 10.2. The highest BCUT2D eigenvalue weighted by atomic mass is 16.5. The monoisotopic (exact) mass is 251 g/mol. The van der Waals surface area contributed by atoms with Crippen LogP contribution in [0.3, 0.4) is 0 Å². The summed E-state index contributed by atoms with van der Waals surface area (Å²) in [5.74, 6) is -0.268. The van der Waals surface area contributed by atoms with Crippen molar-refractivity contribution in [2.24, 2.45) is 5.92 Å². The van der Waals surface area contributed by atoms with Crippen LogP contribution in [0.4, 0.5) is 0 Å². The molecule has 100 valence electrons. The zero-order chi connectivity index (χ0) is 13.5. The van der Waals surface area contributed by atoms with Gasteiger partial charge in [-0.1, -0.05) is 24.6 Å². The summed E-state index contributed by atoms with van der Waals surface area (Å²) in [6, 6.07) is 7.89. The Morgan fingerprint density at radius 2 is 2.00 bits per heavy atom. The maximum Gasteiger partial charge on any atom is 0.307 e. The minimum atomic E-state index is -0.763. The minimum absolute atomic E-state index is 0.352. The molecular weight excluding hydrogens is 230 g/mol. The molecule has 1 unspecified atom stereocenters. The molecule has 0 aliphatic carbocycles. The van der Waals surface area contributed by atoms with Crippen molar-refractivity contribution in [1.29, 1.82) is 0 Å². The molecule has 0 amide bonds. The van der Waals surface area contributed by atoms with Crippen molar-refractivity contribution in [1.82, 2.24) is 4.90 Å². The molecule has 1 atom stereocenters. The highest BCUT2D eigenvalue weighted by Gasteiger charge is 2.13. The molecule has 0 saturated carbocycles. The van der Waals surface area contributed by atoms with E-state index >= 15 is 0 Å². The second kappa shape index (κ2) is 7.01. The number of carbonyl (C=O) groups is 1. The van der Waals surface area contributed by atoms with Crippen LogP contribution in [0.15, 0.2) is 24.3 Å². The molecular formula is C14H21NO3. The van der Waals surface area contributed by atoms with Crippen LogP contribution in [0.25, 0.3) is 0 Å². The van der Waals surface area contributed by atoms with E-state index in [1.807, 2.05) is 43.1 Å². The maximum atomic E-state index is 10.7. The van der Waals surface area contributed by atoms with Crippen LogP contribution < -0.4 is 4.74 Å². The number of aliphatic carboxylic acids is 1. The lowest BCUT2D eigenvalue weighted by molar-refractivity contribution is -0.141. The Morgan fingerprint density at radius 3 is 2.56 bits per heavy atom. The van der Waals surface area contributed by atoms with Gasteiger partial charge in [0.1, 0.15) is 12.4 Å². The van der Waals surface area contributed by atoms with E-state index in [2.05, 4.69) is 0 Å². The molecule has 1 aromatic carbocycles. The number of rotatable bonds is 7. The molecule has 0 saturated heterocycles. The van der Waals surface area contributed by atoms with Gasteiger partial charge in [0, 0.05) is 13.1 Å². The molecule has 1 N–H and O–H groups in total. The van der Waals surface area contributed by atoms with E-state index in [0.717, 1.165) is 5.75 Å². The van der Waals surface area contributed by atoms with Gasteiger partial charge in [0.15, 0.2) is 0 Å². The summed E-state index contributed by atoms with van der Waals surface area (Å²) in [5.41, 5.74) is 1.20. The molecule has 0 spiro atoms. The van der Waals surface area contributed by atoms with Crippen molar-refractivity contribution >= 4 is 5.97 Å². The number of hydrogen-bond donors (Lipinski definition) is 1. The Hall–Kier alpha value is -1.55. The molecule has 4 nitrogen and oxygen atoms in total. The molecule has 18 heavy (non-hydrogen) atoms. The van der Waals surface area contributed by atoms with Crippen LogP contribution in [-0.4, -0.2) is 42.7 Å². The largest absolute Gasteiger partial charge is 0.492 e. The van der Waals surface area contributed by atoms with Crippen molar-refractivity contribution in [3.63, 3.8) is 0 Å². The average molecular weight is 251 g/mol. The Balaban J connectivity index is 2.25. The number of carboxylic acid groups (broad SMARTS) is 1. The van der Waals surface area contributed by atoms with E-state index in [-0.39, 0.29) is 5.92 Å². The topological polar surface area (TPSA) is 49.8 Å².